The van der Waals surface area contributed by atoms with Crippen molar-refractivity contribution in [1.29, 1.82) is 0 Å². The molecular formula is C10H16Cl2NOP. The van der Waals surface area contributed by atoms with E-state index in [0.29, 0.717) is 0 Å². The van der Waals surface area contributed by atoms with E-state index in [2.05, 4.69) is 5.09 Å². The molecule has 4 fully saturated rings. The maximum Gasteiger partial charge on any atom is 0.319 e. The van der Waals surface area contributed by atoms with Crippen molar-refractivity contribution in [3.8, 4) is 0 Å². The van der Waals surface area contributed by atoms with Crippen LogP contribution in [0.1, 0.15) is 38.5 Å². The molecule has 0 atom stereocenters. The van der Waals surface area contributed by atoms with Crippen molar-refractivity contribution in [2.75, 3.05) is 0 Å². The third-order valence-corrected chi connectivity index (χ3v) is 5.65. The Morgan fingerprint density at radius 3 is 1.73 bits per heavy atom. The average Bonchev–Trinajstić information content (AvgIpc) is 1.94. The zero-order valence-electron chi connectivity index (χ0n) is 8.59. The van der Waals surface area contributed by atoms with Crippen molar-refractivity contribution in [2.24, 2.45) is 17.8 Å². The molecule has 0 aromatic heterocycles. The molecule has 4 rings (SSSR count). The van der Waals surface area contributed by atoms with Crippen molar-refractivity contribution in [3.63, 3.8) is 0 Å². The highest BCUT2D eigenvalue weighted by molar-refractivity contribution is 8.07. The van der Waals surface area contributed by atoms with Gasteiger partial charge < -0.3 is 0 Å². The van der Waals surface area contributed by atoms with Gasteiger partial charge in [-0.15, -0.1) is 0 Å². The van der Waals surface area contributed by atoms with Crippen LogP contribution in [0.2, 0.25) is 0 Å². The quantitative estimate of drug-likeness (QED) is 0.763. The maximum atomic E-state index is 11.5. The Balaban J connectivity index is 1.84. The first-order chi connectivity index (χ1) is 6.94. The summed E-state index contributed by atoms with van der Waals surface area (Å²) in [7, 11) is 0. The van der Waals surface area contributed by atoms with Gasteiger partial charge in [0.2, 0.25) is 0 Å². The predicted molar refractivity (Wildman–Crippen MR) is 63.4 cm³/mol. The van der Waals surface area contributed by atoms with Gasteiger partial charge in [-0.05, 0) is 78.8 Å². The number of hydrogen-bond acceptors (Lipinski definition) is 1. The second-order valence-corrected chi connectivity index (χ2v) is 10.3. The molecule has 5 heteroatoms. The molecular weight excluding hydrogens is 252 g/mol. The molecule has 0 spiro atoms. The Morgan fingerprint density at radius 1 is 1.00 bits per heavy atom. The first kappa shape index (κ1) is 10.9. The summed E-state index contributed by atoms with van der Waals surface area (Å²) in [5.74, 6) is -0.652. The summed E-state index contributed by atoms with van der Waals surface area (Å²) in [6.07, 6.45) is 7.49. The monoisotopic (exact) mass is 267 g/mol. The topological polar surface area (TPSA) is 29.1 Å². The van der Waals surface area contributed by atoms with Gasteiger partial charge in [0.1, 0.15) is 0 Å². The molecule has 15 heavy (non-hydrogen) atoms. The van der Waals surface area contributed by atoms with E-state index >= 15 is 0 Å². The lowest BCUT2D eigenvalue weighted by Crippen LogP contribution is -2.56. The lowest BCUT2D eigenvalue weighted by Gasteiger charge is -2.57. The Bertz CT molecular complexity index is 292. The van der Waals surface area contributed by atoms with E-state index in [1.165, 1.54) is 19.3 Å². The standard InChI is InChI=1S/C10H16Cl2NOP/c11-15(12,14)13-10-4-7-1-8(5-10)3-9(2-7)6-10/h7-9H,1-6H2,(H,13,14). The van der Waals surface area contributed by atoms with Crippen LogP contribution in [0.3, 0.4) is 0 Å². The van der Waals surface area contributed by atoms with Gasteiger partial charge in [0, 0.05) is 5.54 Å². The zero-order valence-corrected chi connectivity index (χ0v) is 11.0. The minimum Gasteiger partial charge on any atom is -0.271 e. The molecule has 0 aromatic rings. The highest BCUT2D eigenvalue weighted by Gasteiger charge is 2.52. The lowest BCUT2D eigenvalue weighted by atomic mass is 9.53. The van der Waals surface area contributed by atoms with E-state index in [1.54, 1.807) is 0 Å². The Labute approximate surface area is 100 Å². The second-order valence-electron chi connectivity index (χ2n) is 5.77. The highest BCUT2D eigenvalue weighted by Crippen LogP contribution is 2.62. The van der Waals surface area contributed by atoms with Crippen molar-refractivity contribution in [2.45, 2.75) is 44.1 Å². The normalized spacial score (nSPS) is 48.5. The highest BCUT2D eigenvalue weighted by atomic mass is 35.9. The van der Waals surface area contributed by atoms with Gasteiger partial charge >= 0.3 is 6.00 Å². The van der Waals surface area contributed by atoms with Crippen LogP contribution in [0, 0.1) is 17.8 Å². The molecule has 0 amide bonds. The van der Waals surface area contributed by atoms with Gasteiger partial charge in [0.25, 0.3) is 0 Å². The molecule has 0 unspecified atom stereocenters. The molecule has 4 saturated carbocycles. The van der Waals surface area contributed by atoms with E-state index in [0.717, 1.165) is 37.0 Å². The summed E-state index contributed by atoms with van der Waals surface area (Å²) in [5.41, 5.74) is 0.00772. The fraction of sp³-hybridized carbons (Fsp3) is 1.00. The van der Waals surface area contributed by atoms with Crippen molar-refractivity contribution >= 4 is 28.5 Å². The van der Waals surface area contributed by atoms with Crippen LogP contribution < -0.4 is 5.09 Å². The van der Waals surface area contributed by atoms with Crippen LogP contribution in [-0.2, 0) is 4.57 Å². The summed E-state index contributed by atoms with van der Waals surface area (Å²) in [5, 5.41) is 3.05. The molecule has 4 aliphatic carbocycles. The summed E-state index contributed by atoms with van der Waals surface area (Å²) in [6.45, 7) is 0. The maximum absolute atomic E-state index is 11.5. The molecule has 1 N–H and O–H groups in total. The Kier molecular flexibility index (Phi) is 2.46. The minimum atomic E-state index is -3.12. The van der Waals surface area contributed by atoms with Gasteiger partial charge in [0.05, 0.1) is 0 Å². The molecule has 0 saturated heterocycles. The SMILES string of the molecule is O=P(Cl)(Cl)NC12CC3CC(CC(C3)C1)C2. The first-order valence-electron chi connectivity index (χ1n) is 5.73. The van der Waals surface area contributed by atoms with Gasteiger partial charge in [0.15, 0.2) is 0 Å². The summed E-state index contributed by atoms with van der Waals surface area (Å²) in [6, 6.07) is 0. The second kappa shape index (κ2) is 3.38. The fourth-order valence-corrected chi connectivity index (χ4v) is 6.43. The van der Waals surface area contributed by atoms with Crippen molar-refractivity contribution < 1.29 is 4.57 Å². The summed E-state index contributed by atoms with van der Waals surface area (Å²) in [4.78, 5) is 0. The molecule has 0 radical (unpaired) electrons. The van der Waals surface area contributed by atoms with Crippen molar-refractivity contribution in [1.82, 2.24) is 5.09 Å². The van der Waals surface area contributed by atoms with Gasteiger partial charge in [-0.1, -0.05) is 0 Å². The van der Waals surface area contributed by atoms with E-state index in [1.807, 2.05) is 0 Å². The third kappa shape index (κ3) is 2.11. The first-order valence-corrected chi connectivity index (χ1v) is 9.25. The van der Waals surface area contributed by atoms with E-state index in [9.17, 15) is 4.57 Å². The smallest absolute Gasteiger partial charge is 0.271 e. The van der Waals surface area contributed by atoms with Crippen LogP contribution in [0.25, 0.3) is 0 Å². The number of halogens is 2. The van der Waals surface area contributed by atoms with Crippen LogP contribution >= 0.6 is 28.5 Å². The number of rotatable bonds is 2. The largest absolute Gasteiger partial charge is 0.319 e. The Morgan fingerprint density at radius 2 is 1.40 bits per heavy atom. The van der Waals surface area contributed by atoms with E-state index < -0.39 is 6.00 Å². The number of nitrogens with one attached hydrogen (secondary N) is 1. The molecule has 86 valence electrons. The fourth-order valence-electron chi connectivity index (χ4n) is 4.52. The molecule has 4 aliphatic rings. The Hall–Kier alpha value is 0.770. The van der Waals surface area contributed by atoms with E-state index in [4.69, 9.17) is 22.5 Å². The van der Waals surface area contributed by atoms with Gasteiger partial charge in [-0.2, -0.15) is 0 Å². The van der Waals surface area contributed by atoms with Gasteiger partial charge in [-0.25, -0.2) is 5.09 Å². The lowest BCUT2D eigenvalue weighted by molar-refractivity contribution is -0.00789. The van der Waals surface area contributed by atoms with Crippen LogP contribution in [-0.4, -0.2) is 5.54 Å². The van der Waals surface area contributed by atoms with Crippen LogP contribution in [0.15, 0.2) is 0 Å². The van der Waals surface area contributed by atoms with Crippen LogP contribution in [0.5, 0.6) is 0 Å². The number of hydrogen-bond donors (Lipinski definition) is 1. The zero-order chi connectivity index (χ0) is 10.7. The average molecular weight is 268 g/mol. The van der Waals surface area contributed by atoms with Crippen molar-refractivity contribution in [3.05, 3.63) is 0 Å². The summed E-state index contributed by atoms with van der Waals surface area (Å²) < 4.78 is 11.5. The van der Waals surface area contributed by atoms with Crippen LogP contribution in [0.4, 0.5) is 0 Å². The predicted octanol–water partition coefficient (Wildman–Crippen LogP) is 4.13. The van der Waals surface area contributed by atoms with Gasteiger partial charge in [-0.3, -0.25) is 4.57 Å². The molecule has 4 bridgehead atoms. The molecule has 2 nitrogen and oxygen atoms in total. The molecule has 0 aromatic carbocycles. The molecule has 0 aliphatic heterocycles. The molecule has 0 heterocycles. The summed E-state index contributed by atoms with van der Waals surface area (Å²) >= 11 is 11.4. The minimum absolute atomic E-state index is 0.00772. The third-order valence-electron chi connectivity index (χ3n) is 4.41. The van der Waals surface area contributed by atoms with E-state index in [-0.39, 0.29) is 5.54 Å².